The molecule has 1 atom stereocenters. The minimum atomic E-state index is -4.14. The molecule has 1 amide bonds. The van der Waals surface area contributed by atoms with Gasteiger partial charge in [0.2, 0.25) is 15.9 Å². The van der Waals surface area contributed by atoms with Gasteiger partial charge in [0.25, 0.3) is 0 Å². The fourth-order valence-corrected chi connectivity index (χ4v) is 3.72. The van der Waals surface area contributed by atoms with Crippen LogP contribution in [-0.2, 0) is 19.6 Å². The Bertz CT molecular complexity index is 665. The van der Waals surface area contributed by atoms with Crippen LogP contribution in [0.15, 0.2) is 27.6 Å². The van der Waals surface area contributed by atoms with Crippen LogP contribution in [0.2, 0.25) is 5.02 Å². The topological polar surface area (TPSA) is 127 Å². The molecule has 1 rings (SSSR count). The number of carbonyl (C=O) groups is 2. The number of nitrogens with one attached hydrogen (secondary N) is 1. The Kier molecular flexibility index (Phi) is 6.14. The Morgan fingerprint density at radius 2 is 2.05 bits per heavy atom. The molecule has 1 aromatic carbocycles. The van der Waals surface area contributed by atoms with Crippen LogP contribution in [-0.4, -0.2) is 31.4 Å². The van der Waals surface area contributed by atoms with E-state index in [1.54, 1.807) is 0 Å². The Balaban J connectivity index is 3.00. The van der Waals surface area contributed by atoms with Crippen molar-refractivity contribution in [3.63, 3.8) is 0 Å². The number of hydrogen-bond donors (Lipinski definition) is 3. The first-order valence-electron chi connectivity index (χ1n) is 5.62. The van der Waals surface area contributed by atoms with Crippen LogP contribution in [0.3, 0.4) is 0 Å². The lowest BCUT2D eigenvalue weighted by atomic mass is 10.2. The van der Waals surface area contributed by atoms with Crippen LogP contribution in [0.1, 0.15) is 12.8 Å². The zero-order chi connectivity index (χ0) is 16.2. The van der Waals surface area contributed by atoms with Gasteiger partial charge in [-0.15, -0.1) is 0 Å². The summed E-state index contributed by atoms with van der Waals surface area (Å²) in [6, 6.07) is 2.60. The lowest BCUT2D eigenvalue weighted by Gasteiger charge is -2.15. The highest BCUT2D eigenvalue weighted by molar-refractivity contribution is 9.10. The van der Waals surface area contributed by atoms with E-state index in [-0.39, 0.29) is 22.8 Å². The van der Waals surface area contributed by atoms with Crippen molar-refractivity contribution in [3.8, 4) is 0 Å². The number of hydrogen-bond acceptors (Lipinski definition) is 4. The molecular weight excluding hydrogens is 388 g/mol. The highest BCUT2D eigenvalue weighted by Gasteiger charge is 2.27. The molecule has 0 fully saturated rings. The zero-order valence-corrected chi connectivity index (χ0v) is 13.7. The molecule has 0 aliphatic carbocycles. The average Bonchev–Trinajstić information content (AvgIpc) is 2.33. The van der Waals surface area contributed by atoms with Crippen LogP contribution in [0.5, 0.6) is 0 Å². The minimum Gasteiger partial charge on any atom is -0.480 e. The molecule has 0 saturated heterocycles. The van der Waals surface area contributed by atoms with E-state index in [1.165, 1.54) is 18.2 Å². The molecule has 0 aliphatic rings. The maximum atomic E-state index is 12.1. The van der Waals surface area contributed by atoms with Crippen molar-refractivity contribution in [2.75, 3.05) is 0 Å². The number of sulfonamides is 1. The van der Waals surface area contributed by atoms with Gasteiger partial charge in [0.15, 0.2) is 0 Å². The number of rotatable bonds is 7. The monoisotopic (exact) mass is 398 g/mol. The standard InChI is InChI=1S/C11H12BrClN2O5S/c12-6-1-3-9(7(13)5-6)21(19,20)15-8(11(17)18)2-4-10(14)16/h1,3,5,8,15H,2,4H2,(H2,14,16)(H,17,18)/t8-/m0/s1. The van der Waals surface area contributed by atoms with E-state index in [0.29, 0.717) is 4.47 Å². The van der Waals surface area contributed by atoms with Gasteiger partial charge in [-0.3, -0.25) is 9.59 Å². The summed E-state index contributed by atoms with van der Waals surface area (Å²) in [6.07, 6.45) is -0.508. The molecule has 0 saturated carbocycles. The molecule has 21 heavy (non-hydrogen) atoms. The minimum absolute atomic E-state index is 0.0593. The van der Waals surface area contributed by atoms with E-state index >= 15 is 0 Å². The van der Waals surface area contributed by atoms with E-state index in [2.05, 4.69) is 15.9 Å². The molecule has 7 nitrogen and oxygen atoms in total. The molecule has 0 spiro atoms. The zero-order valence-electron chi connectivity index (χ0n) is 10.5. The van der Waals surface area contributed by atoms with Gasteiger partial charge in [0.05, 0.1) is 5.02 Å². The van der Waals surface area contributed by atoms with E-state index in [1.807, 2.05) is 4.72 Å². The maximum Gasteiger partial charge on any atom is 0.321 e. The molecule has 0 aliphatic heterocycles. The molecule has 4 N–H and O–H groups in total. The Morgan fingerprint density at radius 3 is 2.52 bits per heavy atom. The molecular formula is C11H12BrClN2O5S. The summed E-state index contributed by atoms with van der Waals surface area (Å²) >= 11 is 8.97. The summed E-state index contributed by atoms with van der Waals surface area (Å²) in [6.45, 7) is 0. The third kappa shape index (κ3) is 5.27. The van der Waals surface area contributed by atoms with Crippen molar-refractivity contribution in [2.45, 2.75) is 23.8 Å². The van der Waals surface area contributed by atoms with Crippen LogP contribution >= 0.6 is 27.5 Å². The van der Waals surface area contributed by atoms with Crippen molar-refractivity contribution < 1.29 is 23.1 Å². The summed E-state index contributed by atoms with van der Waals surface area (Å²) in [5, 5.41) is 8.93. The van der Waals surface area contributed by atoms with Gasteiger partial charge < -0.3 is 10.8 Å². The fraction of sp³-hybridized carbons (Fsp3) is 0.273. The third-order valence-electron chi connectivity index (χ3n) is 2.46. The third-order valence-corrected chi connectivity index (χ3v) is 4.91. The number of halogens is 2. The predicted octanol–water partition coefficient (Wildman–Crippen LogP) is 1.10. The van der Waals surface area contributed by atoms with Crippen molar-refractivity contribution in [2.24, 2.45) is 5.73 Å². The molecule has 0 heterocycles. The summed E-state index contributed by atoms with van der Waals surface area (Å²) < 4.78 is 26.8. The van der Waals surface area contributed by atoms with Gasteiger partial charge in [0, 0.05) is 10.9 Å². The molecule has 0 radical (unpaired) electrons. The second kappa shape index (κ2) is 7.21. The molecule has 0 bridgehead atoms. The highest BCUT2D eigenvalue weighted by Crippen LogP contribution is 2.25. The molecule has 1 aromatic rings. The van der Waals surface area contributed by atoms with Crippen LogP contribution in [0.25, 0.3) is 0 Å². The Hall–Kier alpha value is -1.16. The predicted molar refractivity (Wildman–Crippen MR) is 79.3 cm³/mol. The van der Waals surface area contributed by atoms with Crippen molar-refractivity contribution in [1.82, 2.24) is 4.72 Å². The number of aliphatic carboxylic acids is 1. The Labute approximate surface area is 134 Å². The number of carboxylic acids is 1. The maximum absolute atomic E-state index is 12.1. The SMILES string of the molecule is NC(=O)CC[C@H](NS(=O)(=O)c1ccc(Br)cc1Cl)C(=O)O. The number of carboxylic acid groups (broad SMARTS) is 1. The summed E-state index contributed by atoms with van der Waals surface area (Å²) in [5.74, 6) is -2.13. The number of primary amides is 1. The lowest BCUT2D eigenvalue weighted by Crippen LogP contribution is -2.41. The van der Waals surface area contributed by atoms with Gasteiger partial charge >= 0.3 is 5.97 Å². The molecule has 0 unspecified atom stereocenters. The largest absolute Gasteiger partial charge is 0.480 e. The van der Waals surface area contributed by atoms with E-state index in [4.69, 9.17) is 22.4 Å². The van der Waals surface area contributed by atoms with Crippen molar-refractivity contribution >= 4 is 49.4 Å². The van der Waals surface area contributed by atoms with Crippen LogP contribution in [0, 0.1) is 0 Å². The molecule has 10 heteroatoms. The van der Waals surface area contributed by atoms with Gasteiger partial charge in [-0.1, -0.05) is 27.5 Å². The quantitative estimate of drug-likeness (QED) is 0.633. The van der Waals surface area contributed by atoms with Crippen LogP contribution < -0.4 is 10.5 Å². The summed E-state index contributed by atoms with van der Waals surface area (Å²) in [4.78, 5) is 21.5. The highest BCUT2D eigenvalue weighted by atomic mass is 79.9. The summed E-state index contributed by atoms with van der Waals surface area (Å²) in [5.41, 5.74) is 4.92. The summed E-state index contributed by atoms with van der Waals surface area (Å²) in [7, 11) is -4.14. The normalized spacial score (nSPS) is 12.9. The average molecular weight is 400 g/mol. The van der Waals surface area contributed by atoms with Crippen molar-refractivity contribution in [1.29, 1.82) is 0 Å². The number of amides is 1. The number of nitrogens with two attached hydrogens (primary N) is 1. The van der Waals surface area contributed by atoms with Gasteiger partial charge in [0.1, 0.15) is 10.9 Å². The smallest absolute Gasteiger partial charge is 0.321 e. The fourth-order valence-electron chi connectivity index (χ4n) is 1.46. The van der Waals surface area contributed by atoms with E-state index < -0.39 is 27.9 Å². The van der Waals surface area contributed by atoms with Crippen molar-refractivity contribution in [3.05, 3.63) is 27.7 Å². The Morgan fingerprint density at radius 1 is 1.43 bits per heavy atom. The lowest BCUT2D eigenvalue weighted by molar-refractivity contribution is -0.139. The number of benzene rings is 1. The van der Waals surface area contributed by atoms with Crippen LogP contribution in [0.4, 0.5) is 0 Å². The molecule has 116 valence electrons. The van der Waals surface area contributed by atoms with E-state index in [0.717, 1.165) is 0 Å². The van der Waals surface area contributed by atoms with Gasteiger partial charge in [-0.05, 0) is 24.6 Å². The second-order valence-electron chi connectivity index (χ2n) is 4.09. The molecule has 0 aromatic heterocycles. The van der Waals surface area contributed by atoms with Gasteiger partial charge in [-0.25, -0.2) is 8.42 Å². The first-order chi connectivity index (χ1) is 9.63. The second-order valence-corrected chi connectivity index (χ2v) is 7.10. The number of carbonyl (C=O) groups excluding carboxylic acids is 1. The first kappa shape index (κ1) is 17.9. The van der Waals surface area contributed by atoms with Gasteiger partial charge in [-0.2, -0.15) is 4.72 Å². The first-order valence-corrected chi connectivity index (χ1v) is 8.27. The van der Waals surface area contributed by atoms with E-state index in [9.17, 15) is 18.0 Å².